The Bertz CT molecular complexity index is 804. The minimum Gasteiger partial charge on any atom is -0.488 e. The van der Waals surface area contributed by atoms with Crippen LogP contribution in [0.5, 0.6) is 5.75 Å². The normalized spacial score (nSPS) is 18.4. The fourth-order valence-electron chi connectivity index (χ4n) is 2.93. The van der Waals surface area contributed by atoms with Gasteiger partial charge in [-0.2, -0.15) is 5.26 Å². The smallest absolute Gasteiger partial charge is 0.337 e. The number of pyridine rings is 1. The van der Waals surface area contributed by atoms with Crippen molar-refractivity contribution in [3.05, 3.63) is 58.9 Å². The number of ether oxygens (including phenoxy) is 1. The van der Waals surface area contributed by atoms with E-state index in [9.17, 15) is 4.79 Å². The summed E-state index contributed by atoms with van der Waals surface area (Å²) in [5, 5.41) is 18.1. The van der Waals surface area contributed by atoms with Crippen LogP contribution in [0.1, 0.15) is 53.4 Å². The summed E-state index contributed by atoms with van der Waals surface area (Å²) in [6.07, 6.45) is 2.07. The zero-order valence-electron chi connectivity index (χ0n) is 12.9. The molecule has 1 aliphatic heterocycles. The van der Waals surface area contributed by atoms with Crippen molar-refractivity contribution in [2.75, 3.05) is 0 Å². The lowest BCUT2D eigenvalue weighted by Crippen LogP contribution is -2.35. The van der Waals surface area contributed by atoms with Crippen LogP contribution in [-0.2, 0) is 0 Å². The van der Waals surface area contributed by atoms with Gasteiger partial charge >= 0.3 is 5.97 Å². The molecule has 1 unspecified atom stereocenters. The van der Waals surface area contributed by atoms with Crippen LogP contribution >= 0.6 is 0 Å². The van der Waals surface area contributed by atoms with Crippen LogP contribution in [-0.4, -0.2) is 21.7 Å². The van der Waals surface area contributed by atoms with E-state index in [0.29, 0.717) is 12.0 Å². The highest BCUT2D eigenvalue weighted by molar-refractivity contribution is 5.87. The molecule has 116 valence electrons. The predicted molar refractivity (Wildman–Crippen MR) is 83.5 cm³/mol. The first-order valence-corrected chi connectivity index (χ1v) is 7.32. The van der Waals surface area contributed by atoms with Crippen molar-refractivity contribution in [2.45, 2.75) is 31.8 Å². The summed E-state index contributed by atoms with van der Waals surface area (Å²) < 4.78 is 6.00. The van der Waals surface area contributed by atoms with E-state index in [1.54, 1.807) is 18.2 Å². The largest absolute Gasteiger partial charge is 0.488 e. The maximum Gasteiger partial charge on any atom is 0.337 e. The quantitative estimate of drug-likeness (QED) is 0.920. The average molecular weight is 308 g/mol. The molecule has 0 radical (unpaired) electrons. The molecule has 2 aromatic rings. The summed E-state index contributed by atoms with van der Waals surface area (Å²) in [6, 6.07) is 10.8. The van der Waals surface area contributed by atoms with Crippen molar-refractivity contribution >= 4 is 5.97 Å². The first kappa shape index (κ1) is 15.0. The Balaban J connectivity index is 2.08. The molecule has 0 bridgehead atoms. The monoisotopic (exact) mass is 308 g/mol. The fourth-order valence-corrected chi connectivity index (χ4v) is 2.93. The summed E-state index contributed by atoms with van der Waals surface area (Å²) in [7, 11) is 0. The van der Waals surface area contributed by atoms with Gasteiger partial charge in [0.2, 0.25) is 0 Å². The molecule has 0 amide bonds. The van der Waals surface area contributed by atoms with Crippen LogP contribution in [0.25, 0.3) is 0 Å². The van der Waals surface area contributed by atoms with Gasteiger partial charge in [0, 0.05) is 23.4 Å². The van der Waals surface area contributed by atoms with Crippen molar-refractivity contribution in [3.63, 3.8) is 0 Å². The average Bonchev–Trinajstić information content (AvgIpc) is 2.53. The van der Waals surface area contributed by atoms with Gasteiger partial charge in [-0.3, -0.25) is 4.98 Å². The maximum atomic E-state index is 11.0. The third-order valence-electron chi connectivity index (χ3n) is 3.99. The van der Waals surface area contributed by atoms with Crippen molar-refractivity contribution in [2.24, 2.45) is 0 Å². The van der Waals surface area contributed by atoms with Gasteiger partial charge in [0.05, 0.1) is 17.2 Å². The van der Waals surface area contributed by atoms with Crippen molar-refractivity contribution in [3.8, 4) is 11.8 Å². The Morgan fingerprint density at radius 3 is 2.78 bits per heavy atom. The molecule has 1 atom stereocenters. The second kappa shape index (κ2) is 5.40. The highest BCUT2D eigenvalue weighted by Gasteiger charge is 2.35. The minimum atomic E-state index is -0.997. The van der Waals surface area contributed by atoms with Gasteiger partial charge in [0.1, 0.15) is 11.4 Å². The van der Waals surface area contributed by atoms with Crippen molar-refractivity contribution in [1.82, 2.24) is 4.98 Å². The number of aromatic carboxylic acids is 1. The molecule has 1 aliphatic rings. The fraction of sp³-hybridized carbons (Fsp3) is 0.278. The number of carboxylic acids is 1. The number of carbonyl (C=O) groups is 1. The summed E-state index contributed by atoms with van der Waals surface area (Å²) in [4.78, 5) is 15.3. The van der Waals surface area contributed by atoms with Gasteiger partial charge in [0.15, 0.2) is 0 Å². The van der Waals surface area contributed by atoms with Gasteiger partial charge in [-0.15, -0.1) is 0 Å². The first-order valence-electron chi connectivity index (χ1n) is 7.32. The highest BCUT2D eigenvalue weighted by atomic mass is 16.5. The lowest BCUT2D eigenvalue weighted by molar-refractivity contribution is 0.0694. The number of aromatic nitrogens is 1. The number of carboxylic acid groups (broad SMARTS) is 1. The SMILES string of the molecule is CC1(C)CC(c2ccc(C(=O)O)cn2)c2cc(C#N)ccc2O1. The van der Waals surface area contributed by atoms with E-state index in [2.05, 4.69) is 11.1 Å². The topological polar surface area (TPSA) is 83.2 Å². The van der Waals surface area contributed by atoms with Crippen LogP contribution in [0.4, 0.5) is 0 Å². The van der Waals surface area contributed by atoms with Gasteiger partial charge in [0.25, 0.3) is 0 Å². The second-order valence-electron chi connectivity index (χ2n) is 6.26. The molecule has 0 saturated carbocycles. The Morgan fingerprint density at radius 2 is 2.17 bits per heavy atom. The van der Waals surface area contributed by atoms with E-state index in [4.69, 9.17) is 15.1 Å². The second-order valence-corrected chi connectivity index (χ2v) is 6.26. The van der Waals surface area contributed by atoms with E-state index in [0.717, 1.165) is 17.0 Å². The van der Waals surface area contributed by atoms with E-state index < -0.39 is 5.97 Å². The summed E-state index contributed by atoms with van der Waals surface area (Å²) >= 11 is 0. The van der Waals surface area contributed by atoms with E-state index in [1.807, 2.05) is 26.0 Å². The van der Waals surface area contributed by atoms with Gasteiger partial charge in [-0.1, -0.05) is 0 Å². The van der Waals surface area contributed by atoms with Crippen LogP contribution in [0.15, 0.2) is 36.5 Å². The van der Waals surface area contributed by atoms with Gasteiger partial charge in [-0.05, 0) is 50.6 Å². The van der Waals surface area contributed by atoms with Gasteiger partial charge in [-0.25, -0.2) is 4.79 Å². The Hall–Kier alpha value is -2.87. The molecule has 1 N–H and O–H groups in total. The molecule has 0 saturated heterocycles. The molecule has 23 heavy (non-hydrogen) atoms. The van der Waals surface area contributed by atoms with E-state index in [-0.39, 0.29) is 17.1 Å². The van der Waals surface area contributed by atoms with E-state index >= 15 is 0 Å². The van der Waals surface area contributed by atoms with Crippen LogP contribution in [0.2, 0.25) is 0 Å². The Morgan fingerprint density at radius 1 is 1.39 bits per heavy atom. The summed E-state index contributed by atoms with van der Waals surface area (Å²) in [6.45, 7) is 4.01. The molecule has 1 aromatic heterocycles. The van der Waals surface area contributed by atoms with Crippen LogP contribution in [0.3, 0.4) is 0 Å². The number of hydrogen-bond donors (Lipinski definition) is 1. The number of nitriles is 1. The number of rotatable bonds is 2. The van der Waals surface area contributed by atoms with Crippen LogP contribution in [0, 0.1) is 11.3 Å². The molecule has 2 heterocycles. The zero-order chi connectivity index (χ0) is 16.6. The molecule has 0 fully saturated rings. The maximum absolute atomic E-state index is 11.0. The van der Waals surface area contributed by atoms with Crippen LogP contribution < -0.4 is 4.74 Å². The number of hydrogen-bond acceptors (Lipinski definition) is 4. The molecular weight excluding hydrogens is 292 g/mol. The molecule has 5 heteroatoms. The molecular formula is C18H16N2O3. The molecule has 1 aromatic carbocycles. The minimum absolute atomic E-state index is 0.0371. The lowest BCUT2D eigenvalue weighted by Gasteiger charge is -2.37. The Kier molecular flexibility index (Phi) is 3.53. The highest BCUT2D eigenvalue weighted by Crippen LogP contribution is 2.43. The number of nitrogens with zero attached hydrogens (tertiary/aromatic N) is 2. The van der Waals surface area contributed by atoms with Crippen molar-refractivity contribution < 1.29 is 14.6 Å². The summed E-state index contributed by atoms with van der Waals surface area (Å²) in [5.74, 6) is -0.289. The van der Waals surface area contributed by atoms with E-state index in [1.165, 1.54) is 6.20 Å². The Labute approximate surface area is 134 Å². The molecule has 0 aliphatic carbocycles. The van der Waals surface area contributed by atoms with Crippen molar-refractivity contribution in [1.29, 1.82) is 5.26 Å². The lowest BCUT2D eigenvalue weighted by atomic mass is 9.81. The molecule has 0 spiro atoms. The summed E-state index contributed by atoms with van der Waals surface area (Å²) in [5.41, 5.74) is 2.06. The standard InChI is InChI=1S/C18H16N2O3/c1-18(2)8-14(15-5-4-12(10-20-15)17(21)22)13-7-11(9-19)3-6-16(13)23-18/h3-7,10,14H,8H2,1-2H3,(H,21,22). The number of fused-ring (bicyclic) bond motifs is 1. The predicted octanol–water partition coefficient (Wildman–Crippen LogP) is 3.34. The molecule has 3 rings (SSSR count). The van der Waals surface area contributed by atoms with Gasteiger partial charge < -0.3 is 9.84 Å². The number of benzene rings is 1. The third-order valence-corrected chi connectivity index (χ3v) is 3.99. The third kappa shape index (κ3) is 2.88. The molecule has 5 nitrogen and oxygen atoms in total. The zero-order valence-corrected chi connectivity index (χ0v) is 12.9. The first-order chi connectivity index (χ1) is 10.9.